The molecule has 0 aromatic rings. The van der Waals surface area contributed by atoms with E-state index in [0.29, 0.717) is 0 Å². The predicted molar refractivity (Wildman–Crippen MR) is 73.0 cm³/mol. The van der Waals surface area contributed by atoms with E-state index in [-0.39, 0.29) is 13.2 Å². The fraction of sp³-hybridized carbons (Fsp3) is 1.00. The van der Waals surface area contributed by atoms with Crippen LogP contribution in [0.5, 0.6) is 0 Å². The highest BCUT2D eigenvalue weighted by Crippen LogP contribution is 2.47. The maximum atomic E-state index is 11.1. The second-order valence-corrected chi connectivity index (χ2v) is 7.67. The van der Waals surface area contributed by atoms with E-state index in [4.69, 9.17) is 28.8 Å². The SMILES string of the molecule is CC1(C)O[C@H]2[C@@H]3O[C@@](C)(CO)O[C@@H]3CO[C@@]2(COS(N)(=O)=O)O1. The van der Waals surface area contributed by atoms with E-state index in [1.165, 1.54) is 0 Å². The molecule has 10 nitrogen and oxygen atoms in total. The van der Waals surface area contributed by atoms with E-state index >= 15 is 0 Å². The number of hydrogen-bond acceptors (Lipinski definition) is 9. The van der Waals surface area contributed by atoms with Gasteiger partial charge in [0.1, 0.15) is 24.9 Å². The number of fused-ring (bicyclic) bond motifs is 3. The van der Waals surface area contributed by atoms with Crippen molar-refractivity contribution in [3.8, 4) is 0 Å². The molecule has 3 aliphatic heterocycles. The highest BCUT2D eigenvalue weighted by Gasteiger charge is 2.66. The first-order valence-corrected chi connectivity index (χ1v) is 8.60. The summed E-state index contributed by atoms with van der Waals surface area (Å²) >= 11 is 0. The molecule has 5 atom stereocenters. The van der Waals surface area contributed by atoms with Crippen molar-refractivity contribution in [2.24, 2.45) is 5.14 Å². The Balaban J connectivity index is 1.87. The van der Waals surface area contributed by atoms with Gasteiger partial charge in [-0.25, -0.2) is 5.14 Å². The van der Waals surface area contributed by atoms with Crippen LogP contribution in [-0.2, 0) is 38.2 Å². The lowest BCUT2D eigenvalue weighted by atomic mass is 9.98. The van der Waals surface area contributed by atoms with Crippen LogP contribution in [0.4, 0.5) is 0 Å². The molecule has 3 saturated heterocycles. The first kappa shape index (κ1) is 17.5. The average molecular weight is 355 g/mol. The topological polar surface area (TPSA) is 136 Å². The average Bonchev–Trinajstić information content (AvgIpc) is 2.90. The largest absolute Gasteiger partial charge is 0.391 e. The third-order valence-corrected chi connectivity index (χ3v) is 4.36. The van der Waals surface area contributed by atoms with E-state index in [1.807, 2.05) is 0 Å². The molecule has 0 bridgehead atoms. The number of aliphatic hydroxyl groups is 1. The molecular formula is C12H21NO9S. The molecule has 0 saturated carbocycles. The number of hydrogen-bond donors (Lipinski definition) is 2. The third-order valence-electron chi connectivity index (χ3n) is 3.92. The normalized spacial score (nSPS) is 45.7. The van der Waals surface area contributed by atoms with Gasteiger partial charge in [-0.05, 0) is 20.8 Å². The molecule has 0 aliphatic carbocycles. The molecule has 0 spiro atoms. The van der Waals surface area contributed by atoms with Gasteiger partial charge in [-0.3, -0.25) is 4.18 Å². The monoisotopic (exact) mass is 355 g/mol. The molecule has 0 unspecified atom stereocenters. The summed E-state index contributed by atoms with van der Waals surface area (Å²) in [6, 6.07) is 0. The van der Waals surface area contributed by atoms with Crippen LogP contribution in [0.1, 0.15) is 20.8 Å². The zero-order valence-corrected chi connectivity index (χ0v) is 13.9. The fourth-order valence-electron chi connectivity index (χ4n) is 3.10. The van der Waals surface area contributed by atoms with E-state index in [0.717, 1.165) is 0 Å². The molecular weight excluding hydrogens is 334 g/mol. The maximum Gasteiger partial charge on any atom is 0.333 e. The Morgan fingerprint density at radius 1 is 1.26 bits per heavy atom. The third kappa shape index (κ3) is 3.25. The van der Waals surface area contributed by atoms with Crippen molar-refractivity contribution in [3.05, 3.63) is 0 Å². The zero-order chi connectivity index (χ0) is 17.1. The summed E-state index contributed by atoms with van der Waals surface area (Å²) in [4.78, 5) is 0. The van der Waals surface area contributed by atoms with Gasteiger partial charge in [-0.15, -0.1) is 0 Å². The molecule has 0 aromatic carbocycles. The molecule has 0 amide bonds. The van der Waals surface area contributed by atoms with E-state index in [1.54, 1.807) is 20.8 Å². The Hall–Kier alpha value is -0.370. The predicted octanol–water partition coefficient (Wildman–Crippen LogP) is -1.42. The van der Waals surface area contributed by atoms with Gasteiger partial charge in [0.15, 0.2) is 11.6 Å². The highest BCUT2D eigenvalue weighted by molar-refractivity contribution is 7.84. The van der Waals surface area contributed by atoms with Gasteiger partial charge in [0, 0.05) is 0 Å². The van der Waals surface area contributed by atoms with Crippen LogP contribution in [0.3, 0.4) is 0 Å². The summed E-state index contributed by atoms with van der Waals surface area (Å²) in [6.45, 7) is 4.13. The van der Waals surface area contributed by atoms with Crippen molar-refractivity contribution in [3.63, 3.8) is 0 Å². The minimum atomic E-state index is -4.18. The lowest BCUT2D eigenvalue weighted by Gasteiger charge is -2.40. The van der Waals surface area contributed by atoms with Gasteiger partial charge in [-0.1, -0.05) is 0 Å². The van der Waals surface area contributed by atoms with E-state index < -0.39 is 52.6 Å². The van der Waals surface area contributed by atoms with Gasteiger partial charge in [0.2, 0.25) is 5.79 Å². The molecule has 3 heterocycles. The molecule has 3 fully saturated rings. The van der Waals surface area contributed by atoms with Crippen LogP contribution >= 0.6 is 0 Å². The van der Waals surface area contributed by atoms with Crippen LogP contribution < -0.4 is 5.14 Å². The number of aliphatic hydroxyl groups excluding tert-OH is 1. The van der Waals surface area contributed by atoms with Gasteiger partial charge in [0.25, 0.3) is 0 Å². The summed E-state index contributed by atoms with van der Waals surface area (Å²) in [5.41, 5.74) is 0. The summed E-state index contributed by atoms with van der Waals surface area (Å²) in [6.07, 6.45) is -1.92. The summed E-state index contributed by atoms with van der Waals surface area (Å²) in [5, 5.41) is 14.3. The summed E-state index contributed by atoms with van der Waals surface area (Å²) in [7, 11) is -4.18. The van der Waals surface area contributed by atoms with Crippen molar-refractivity contribution >= 4 is 10.3 Å². The van der Waals surface area contributed by atoms with Gasteiger partial charge >= 0.3 is 10.3 Å². The zero-order valence-electron chi connectivity index (χ0n) is 13.1. The number of nitrogens with two attached hydrogens (primary N) is 1. The van der Waals surface area contributed by atoms with Crippen molar-refractivity contribution < 1.29 is 41.4 Å². The second-order valence-electron chi connectivity index (χ2n) is 6.45. The van der Waals surface area contributed by atoms with Gasteiger partial charge in [0.05, 0.1) is 13.2 Å². The van der Waals surface area contributed by atoms with Crippen molar-refractivity contribution in [1.82, 2.24) is 0 Å². The van der Waals surface area contributed by atoms with Gasteiger partial charge < -0.3 is 28.8 Å². The molecule has 0 radical (unpaired) electrons. The smallest absolute Gasteiger partial charge is 0.333 e. The molecule has 0 aromatic heterocycles. The van der Waals surface area contributed by atoms with Crippen LogP contribution in [0.25, 0.3) is 0 Å². The van der Waals surface area contributed by atoms with Crippen molar-refractivity contribution in [1.29, 1.82) is 0 Å². The van der Waals surface area contributed by atoms with Crippen molar-refractivity contribution in [2.75, 3.05) is 19.8 Å². The second kappa shape index (κ2) is 5.31. The standard InChI is InChI=1S/C12H21NO9S/c1-10(2)21-9-8-7(19-11(3,5-14)20-8)4-17-12(9,22-10)6-18-23(13,15)16/h7-9,14H,4-6H2,1-3H3,(H2,13,15,16)/t7-,8-,9+,11+,12+/m1/s1. The van der Waals surface area contributed by atoms with Crippen LogP contribution in [0, 0.1) is 0 Å². The lowest BCUT2D eigenvalue weighted by molar-refractivity contribution is -0.290. The Morgan fingerprint density at radius 2 is 1.96 bits per heavy atom. The number of rotatable bonds is 4. The van der Waals surface area contributed by atoms with Crippen LogP contribution in [0.2, 0.25) is 0 Å². The molecule has 11 heteroatoms. The Labute approximate surface area is 134 Å². The van der Waals surface area contributed by atoms with E-state index in [2.05, 4.69) is 4.18 Å². The van der Waals surface area contributed by atoms with Crippen molar-refractivity contribution in [2.45, 2.75) is 56.4 Å². The molecule has 3 N–H and O–H groups in total. The molecule has 3 rings (SSSR count). The highest BCUT2D eigenvalue weighted by atomic mass is 32.2. The van der Waals surface area contributed by atoms with Gasteiger partial charge in [-0.2, -0.15) is 8.42 Å². The first-order chi connectivity index (χ1) is 10.5. The van der Waals surface area contributed by atoms with Crippen LogP contribution in [-0.4, -0.2) is 69.0 Å². The Kier molecular flexibility index (Phi) is 4.03. The maximum absolute atomic E-state index is 11.1. The summed E-state index contributed by atoms with van der Waals surface area (Å²) < 4.78 is 55.6. The quantitative estimate of drug-likeness (QED) is 0.622. The van der Waals surface area contributed by atoms with Crippen LogP contribution in [0.15, 0.2) is 0 Å². The molecule has 3 aliphatic rings. The lowest BCUT2D eigenvalue weighted by Crippen LogP contribution is -2.60. The Bertz CT molecular complexity index is 581. The number of ether oxygens (including phenoxy) is 5. The Morgan fingerprint density at radius 3 is 2.57 bits per heavy atom. The molecule has 23 heavy (non-hydrogen) atoms. The minimum Gasteiger partial charge on any atom is -0.391 e. The molecule has 134 valence electrons. The summed E-state index contributed by atoms with van der Waals surface area (Å²) in [5.74, 6) is -3.74. The first-order valence-electron chi connectivity index (χ1n) is 7.13. The fourth-order valence-corrected chi connectivity index (χ4v) is 3.43. The minimum absolute atomic E-state index is 0.0597. The van der Waals surface area contributed by atoms with E-state index in [9.17, 15) is 13.5 Å².